The maximum Gasteiger partial charge on any atom is 0.269 e. The lowest BCUT2D eigenvalue weighted by molar-refractivity contribution is -0.385. The van der Waals surface area contributed by atoms with Gasteiger partial charge in [-0.05, 0) is 11.1 Å². The number of rotatable bonds is 7. The van der Waals surface area contributed by atoms with E-state index in [0.29, 0.717) is 11.1 Å². The number of amides is 2. The van der Waals surface area contributed by atoms with E-state index in [9.17, 15) is 29.8 Å². The van der Waals surface area contributed by atoms with Gasteiger partial charge in [0.15, 0.2) is 0 Å². The van der Waals surface area contributed by atoms with Crippen molar-refractivity contribution in [3.63, 3.8) is 0 Å². The third kappa shape index (κ3) is 4.41. The Hall–Kier alpha value is -3.12. The van der Waals surface area contributed by atoms with Crippen LogP contribution in [0.2, 0.25) is 0 Å². The molecule has 2 atom stereocenters. The first-order chi connectivity index (χ1) is 15.3. The Morgan fingerprint density at radius 2 is 1.19 bits per heavy atom. The standard InChI is InChI=1S/C20H18N4O6S2/c25-17-11-31-19(13-3-1-5-15(9-13)23(27)28)21(17)7-8-22-18(26)12-32-20(22)14-4-2-6-16(10-14)24(29)30/h1-6,9-10,19-20H,7-8,11-12H2. The zero-order valence-electron chi connectivity index (χ0n) is 16.7. The lowest BCUT2D eigenvalue weighted by Crippen LogP contribution is -2.39. The molecule has 4 rings (SSSR count). The highest BCUT2D eigenvalue weighted by Gasteiger charge is 2.37. The predicted molar refractivity (Wildman–Crippen MR) is 120 cm³/mol. The van der Waals surface area contributed by atoms with Crippen molar-refractivity contribution in [2.24, 2.45) is 0 Å². The molecule has 0 saturated carbocycles. The van der Waals surface area contributed by atoms with Gasteiger partial charge in [0.1, 0.15) is 10.7 Å². The number of nitro benzene ring substituents is 2. The summed E-state index contributed by atoms with van der Waals surface area (Å²) in [6.07, 6.45) is 0. The van der Waals surface area contributed by atoms with Crippen molar-refractivity contribution in [2.75, 3.05) is 24.6 Å². The van der Waals surface area contributed by atoms with E-state index in [1.807, 2.05) is 0 Å². The molecular weight excluding hydrogens is 456 g/mol. The number of hydrogen-bond donors (Lipinski definition) is 0. The highest BCUT2D eigenvalue weighted by Crippen LogP contribution is 2.42. The molecule has 0 spiro atoms. The normalized spacial score (nSPS) is 20.8. The van der Waals surface area contributed by atoms with Crippen molar-refractivity contribution in [3.8, 4) is 0 Å². The Morgan fingerprint density at radius 3 is 1.56 bits per heavy atom. The van der Waals surface area contributed by atoms with Gasteiger partial charge in [-0.3, -0.25) is 29.8 Å². The molecule has 0 radical (unpaired) electrons. The summed E-state index contributed by atoms with van der Waals surface area (Å²) in [5, 5.41) is 21.5. The van der Waals surface area contributed by atoms with Crippen LogP contribution in [0.15, 0.2) is 48.5 Å². The van der Waals surface area contributed by atoms with Crippen LogP contribution in [0, 0.1) is 20.2 Å². The molecule has 2 unspecified atom stereocenters. The van der Waals surface area contributed by atoms with Crippen LogP contribution in [0.25, 0.3) is 0 Å². The zero-order valence-corrected chi connectivity index (χ0v) is 18.3. The number of benzene rings is 2. The first-order valence-corrected chi connectivity index (χ1v) is 11.8. The number of carbonyl (C=O) groups excluding carboxylic acids is 2. The summed E-state index contributed by atoms with van der Waals surface area (Å²) in [5.74, 6) is 0.310. The number of non-ortho nitro benzene ring substituents is 2. The van der Waals surface area contributed by atoms with Crippen LogP contribution >= 0.6 is 23.5 Å². The molecule has 2 aliphatic rings. The number of hydrogen-bond acceptors (Lipinski definition) is 8. The quantitative estimate of drug-likeness (QED) is 0.442. The Kier molecular flexibility index (Phi) is 6.33. The van der Waals surface area contributed by atoms with Gasteiger partial charge in [0.2, 0.25) is 11.8 Å². The van der Waals surface area contributed by atoms with Crippen LogP contribution in [0.5, 0.6) is 0 Å². The Balaban J connectivity index is 1.51. The van der Waals surface area contributed by atoms with Crippen LogP contribution in [0.4, 0.5) is 11.4 Å². The number of carbonyl (C=O) groups is 2. The first-order valence-electron chi connectivity index (χ1n) is 9.66. The second-order valence-electron chi connectivity index (χ2n) is 7.21. The SMILES string of the molecule is O=C1CSC(c2cccc([N+](=O)[O-])c2)N1CCN1C(=O)CSC1c1cccc([N+](=O)[O-])c1. The summed E-state index contributed by atoms with van der Waals surface area (Å²) in [7, 11) is 0. The molecule has 10 nitrogen and oxygen atoms in total. The van der Waals surface area contributed by atoms with E-state index >= 15 is 0 Å². The Morgan fingerprint density at radius 1 is 0.781 bits per heavy atom. The largest absolute Gasteiger partial charge is 0.324 e. The predicted octanol–water partition coefficient (Wildman–Crippen LogP) is 3.35. The topological polar surface area (TPSA) is 127 Å². The molecule has 12 heteroatoms. The van der Waals surface area contributed by atoms with E-state index in [2.05, 4.69) is 0 Å². The van der Waals surface area contributed by atoms with E-state index in [0.717, 1.165) is 0 Å². The molecule has 2 fully saturated rings. The summed E-state index contributed by atoms with van der Waals surface area (Å²) in [4.78, 5) is 49.6. The minimum Gasteiger partial charge on any atom is -0.324 e. The third-order valence-corrected chi connectivity index (χ3v) is 7.76. The minimum atomic E-state index is -0.473. The summed E-state index contributed by atoms with van der Waals surface area (Å²) in [5.41, 5.74) is 1.23. The molecule has 32 heavy (non-hydrogen) atoms. The summed E-state index contributed by atoms with van der Waals surface area (Å²) >= 11 is 2.78. The zero-order chi connectivity index (χ0) is 22.8. The molecule has 0 aliphatic carbocycles. The number of nitro groups is 2. The van der Waals surface area contributed by atoms with Gasteiger partial charge in [-0.1, -0.05) is 24.3 Å². The molecular formula is C20H18N4O6S2. The van der Waals surface area contributed by atoms with Gasteiger partial charge in [0.25, 0.3) is 11.4 Å². The van der Waals surface area contributed by atoms with E-state index in [-0.39, 0.29) is 58.5 Å². The summed E-state index contributed by atoms with van der Waals surface area (Å²) in [6, 6.07) is 12.4. The van der Waals surface area contributed by atoms with Gasteiger partial charge >= 0.3 is 0 Å². The molecule has 2 aromatic rings. The first kappa shape index (κ1) is 22.1. The van der Waals surface area contributed by atoms with E-state index in [1.54, 1.807) is 34.1 Å². The van der Waals surface area contributed by atoms with Gasteiger partial charge in [0, 0.05) is 37.4 Å². The van der Waals surface area contributed by atoms with Crippen molar-refractivity contribution in [1.29, 1.82) is 0 Å². The van der Waals surface area contributed by atoms with Gasteiger partial charge in [0.05, 0.1) is 21.4 Å². The fourth-order valence-corrected chi connectivity index (χ4v) is 6.16. The summed E-state index contributed by atoms with van der Waals surface area (Å²) < 4.78 is 0. The maximum absolute atomic E-state index is 12.5. The van der Waals surface area contributed by atoms with Crippen molar-refractivity contribution in [1.82, 2.24) is 9.80 Å². The van der Waals surface area contributed by atoms with Gasteiger partial charge in [-0.2, -0.15) is 0 Å². The fraction of sp³-hybridized carbons (Fsp3) is 0.300. The van der Waals surface area contributed by atoms with Crippen molar-refractivity contribution >= 4 is 46.7 Å². The monoisotopic (exact) mass is 474 g/mol. The lowest BCUT2D eigenvalue weighted by atomic mass is 10.1. The Labute approximate surface area is 191 Å². The van der Waals surface area contributed by atoms with Crippen molar-refractivity contribution < 1.29 is 19.4 Å². The van der Waals surface area contributed by atoms with E-state index < -0.39 is 9.85 Å². The molecule has 2 amide bonds. The lowest BCUT2D eigenvalue weighted by Gasteiger charge is -2.29. The smallest absolute Gasteiger partial charge is 0.269 e. The molecule has 0 bridgehead atoms. The second kappa shape index (κ2) is 9.17. The molecule has 2 heterocycles. The maximum atomic E-state index is 12.5. The van der Waals surface area contributed by atoms with E-state index in [1.165, 1.54) is 47.8 Å². The van der Waals surface area contributed by atoms with Gasteiger partial charge in [-0.25, -0.2) is 0 Å². The molecule has 0 aromatic heterocycles. The number of nitrogens with zero attached hydrogens (tertiary/aromatic N) is 4. The second-order valence-corrected chi connectivity index (χ2v) is 9.34. The van der Waals surface area contributed by atoms with Crippen molar-refractivity contribution in [2.45, 2.75) is 10.7 Å². The highest BCUT2D eigenvalue weighted by molar-refractivity contribution is 8.00. The molecule has 2 saturated heterocycles. The molecule has 0 N–H and O–H groups in total. The third-order valence-electron chi connectivity index (χ3n) is 5.25. The average Bonchev–Trinajstić information content (AvgIpc) is 3.34. The van der Waals surface area contributed by atoms with Crippen LogP contribution in [0.1, 0.15) is 21.9 Å². The van der Waals surface area contributed by atoms with Gasteiger partial charge in [-0.15, -0.1) is 23.5 Å². The highest BCUT2D eigenvalue weighted by atomic mass is 32.2. The average molecular weight is 475 g/mol. The van der Waals surface area contributed by atoms with Crippen molar-refractivity contribution in [3.05, 3.63) is 79.9 Å². The molecule has 2 aromatic carbocycles. The van der Waals surface area contributed by atoms with E-state index in [4.69, 9.17) is 0 Å². The Bertz CT molecular complexity index is 1010. The summed E-state index contributed by atoms with van der Waals surface area (Å²) in [6.45, 7) is 0.522. The van der Waals surface area contributed by atoms with Gasteiger partial charge < -0.3 is 9.80 Å². The fourth-order valence-electron chi connectivity index (χ4n) is 3.74. The van der Waals surface area contributed by atoms with Crippen LogP contribution in [-0.4, -0.2) is 56.1 Å². The minimum absolute atomic E-state index is 0.0424. The van der Waals surface area contributed by atoms with Crippen LogP contribution in [-0.2, 0) is 9.59 Å². The number of thioether (sulfide) groups is 2. The van der Waals surface area contributed by atoms with Crippen LogP contribution < -0.4 is 0 Å². The molecule has 166 valence electrons. The molecule has 2 aliphatic heterocycles. The van der Waals surface area contributed by atoms with Crippen LogP contribution in [0.3, 0.4) is 0 Å².